The molecule has 0 aromatic heterocycles. The predicted octanol–water partition coefficient (Wildman–Crippen LogP) is 4.42. The minimum absolute atomic E-state index is 0.149. The molecule has 0 radical (unpaired) electrons. The monoisotopic (exact) mass is 314 g/mol. The maximum Gasteiger partial charge on any atom is 0.165 e. The van der Waals surface area contributed by atoms with Crippen molar-refractivity contribution in [3.8, 4) is 5.75 Å². The van der Waals surface area contributed by atoms with Gasteiger partial charge in [0.1, 0.15) is 0 Å². The number of aliphatic hydroxyl groups excluding tert-OH is 1. The standard InChI is InChI=1S/C15H13Cl2FO2/c1-20-15-5-3-10(8-13(15)18)14(19)7-9-2-4-11(16)12(17)6-9/h2-6,8,14,19H,7H2,1H3. The van der Waals surface area contributed by atoms with Crippen LogP contribution in [0.5, 0.6) is 5.75 Å². The Labute approximate surface area is 126 Å². The Bertz CT molecular complexity index is 617. The zero-order valence-corrected chi connectivity index (χ0v) is 12.2. The molecule has 0 saturated heterocycles. The van der Waals surface area contributed by atoms with Crippen molar-refractivity contribution < 1.29 is 14.2 Å². The molecule has 0 amide bonds. The Kier molecular flexibility index (Phi) is 4.86. The first kappa shape index (κ1) is 15.1. The third kappa shape index (κ3) is 3.42. The first-order chi connectivity index (χ1) is 9.51. The van der Waals surface area contributed by atoms with E-state index in [2.05, 4.69) is 0 Å². The van der Waals surface area contributed by atoms with Gasteiger partial charge in [-0.3, -0.25) is 0 Å². The quantitative estimate of drug-likeness (QED) is 0.905. The SMILES string of the molecule is COc1ccc(C(O)Cc2ccc(Cl)c(Cl)c2)cc1F. The van der Waals surface area contributed by atoms with Crippen LogP contribution in [0.4, 0.5) is 4.39 Å². The normalized spacial score (nSPS) is 12.2. The fraction of sp³-hybridized carbons (Fsp3) is 0.200. The fourth-order valence-electron chi connectivity index (χ4n) is 1.90. The van der Waals surface area contributed by atoms with Crippen molar-refractivity contribution in [1.29, 1.82) is 0 Å². The number of halogens is 3. The third-order valence-electron chi connectivity index (χ3n) is 2.97. The lowest BCUT2D eigenvalue weighted by Gasteiger charge is -2.13. The molecule has 106 valence electrons. The Morgan fingerprint density at radius 1 is 1.15 bits per heavy atom. The van der Waals surface area contributed by atoms with Gasteiger partial charge in [0.25, 0.3) is 0 Å². The topological polar surface area (TPSA) is 29.5 Å². The van der Waals surface area contributed by atoms with Gasteiger partial charge in [-0.15, -0.1) is 0 Å². The molecular formula is C15H13Cl2FO2. The minimum Gasteiger partial charge on any atom is -0.494 e. The summed E-state index contributed by atoms with van der Waals surface area (Å²) < 4.78 is 18.4. The molecular weight excluding hydrogens is 302 g/mol. The number of rotatable bonds is 4. The second-order valence-corrected chi connectivity index (χ2v) is 5.18. The van der Waals surface area contributed by atoms with Crippen LogP contribution in [0.2, 0.25) is 10.0 Å². The highest BCUT2D eigenvalue weighted by atomic mass is 35.5. The van der Waals surface area contributed by atoms with E-state index in [9.17, 15) is 9.50 Å². The predicted molar refractivity (Wildman–Crippen MR) is 78.1 cm³/mol. The summed E-state index contributed by atoms with van der Waals surface area (Å²) in [4.78, 5) is 0. The number of aliphatic hydroxyl groups is 1. The van der Waals surface area contributed by atoms with E-state index >= 15 is 0 Å². The lowest BCUT2D eigenvalue weighted by Crippen LogP contribution is -2.03. The molecule has 0 aliphatic carbocycles. The molecule has 1 unspecified atom stereocenters. The molecule has 1 atom stereocenters. The number of hydrogen-bond donors (Lipinski definition) is 1. The second kappa shape index (κ2) is 6.44. The van der Waals surface area contributed by atoms with Gasteiger partial charge in [0.15, 0.2) is 11.6 Å². The summed E-state index contributed by atoms with van der Waals surface area (Å²) in [5.41, 5.74) is 1.30. The zero-order chi connectivity index (χ0) is 14.7. The van der Waals surface area contributed by atoms with Crippen LogP contribution in [0.15, 0.2) is 36.4 Å². The Morgan fingerprint density at radius 2 is 1.90 bits per heavy atom. The van der Waals surface area contributed by atoms with Crippen LogP contribution < -0.4 is 4.74 Å². The van der Waals surface area contributed by atoms with Crippen molar-refractivity contribution in [2.75, 3.05) is 7.11 Å². The van der Waals surface area contributed by atoms with Crippen molar-refractivity contribution in [3.05, 3.63) is 63.4 Å². The number of benzene rings is 2. The van der Waals surface area contributed by atoms with E-state index in [1.54, 1.807) is 24.3 Å². The average molecular weight is 315 g/mol. The van der Waals surface area contributed by atoms with E-state index in [-0.39, 0.29) is 5.75 Å². The molecule has 2 aromatic carbocycles. The summed E-state index contributed by atoms with van der Waals surface area (Å²) in [5.74, 6) is -0.353. The van der Waals surface area contributed by atoms with E-state index in [1.807, 2.05) is 0 Å². The lowest BCUT2D eigenvalue weighted by atomic mass is 10.0. The van der Waals surface area contributed by atoms with Crippen LogP contribution in [0.1, 0.15) is 17.2 Å². The Morgan fingerprint density at radius 3 is 2.50 bits per heavy atom. The van der Waals surface area contributed by atoms with Crippen molar-refractivity contribution in [1.82, 2.24) is 0 Å². The maximum absolute atomic E-state index is 13.6. The summed E-state index contributed by atoms with van der Waals surface area (Å²) >= 11 is 11.7. The first-order valence-electron chi connectivity index (χ1n) is 5.96. The lowest BCUT2D eigenvalue weighted by molar-refractivity contribution is 0.178. The van der Waals surface area contributed by atoms with Gasteiger partial charge >= 0.3 is 0 Å². The smallest absolute Gasteiger partial charge is 0.165 e. The molecule has 2 rings (SSSR count). The van der Waals surface area contributed by atoms with Gasteiger partial charge in [-0.2, -0.15) is 0 Å². The second-order valence-electron chi connectivity index (χ2n) is 4.36. The minimum atomic E-state index is -0.826. The van der Waals surface area contributed by atoms with Gasteiger partial charge in [-0.25, -0.2) is 4.39 Å². The highest BCUT2D eigenvalue weighted by Crippen LogP contribution is 2.27. The largest absolute Gasteiger partial charge is 0.494 e. The molecule has 2 aromatic rings. The highest BCUT2D eigenvalue weighted by molar-refractivity contribution is 6.42. The summed E-state index contributed by atoms with van der Waals surface area (Å²) in [6, 6.07) is 9.51. The highest BCUT2D eigenvalue weighted by Gasteiger charge is 2.12. The van der Waals surface area contributed by atoms with Gasteiger partial charge < -0.3 is 9.84 Å². The van der Waals surface area contributed by atoms with Crippen molar-refractivity contribution in [2.24, 2.45) is 0 Å². The van der Waals surface area contributed by atoms with Crippen molar-refractivity contribution >= 4 is 23.2 Å². The number of methoxy groups -OCH3 is 1. The summed E-state index contributed by atoms with van der Waals surface area (Å²) in [6.45, 7) is 0. The van der Waals surface area contributed by atoms with Gasteiger partial charge in [-0.1, -0.05) is 35.3 Å². The first-order valence-corrected chi connectivity index (χ1v) is 6.72. The van der Waals surface area contributed by atoms with Gasteiger partial charge in [0.2, 0.25) is 0 Å². The summed E-state index contributed by atoms with van der Waals surface area (Å²) in [7, 11) is 1.39. The molecule has 0 aliphatic heterocycles. The van der Waals surface area contributed by atoms with Crippen LogP contribution in [-0.4, -0.2) is 12.2 Å². The van der Waals surface area contributed by atoms with Crippen molar-refractivity contribution in [2.45, 2.75) is 12.5 Å². The molecule has 0 saturated carbocycles. The van der Waals surface area contributed by atoms with Gasteiger partial charge in [0, 0.05) is 6.42 Å². The molecule has 0 aliphatic rings. The van der Waals surface area contributed by atoms with E-state index in [4.69, 9.17) is 27.9 Å². The van der Waals surface area contributed by atoms with Crippen LogP contribution in [0, 0.1) is 5.82 Å². The molecule has 2 nitrogen and oxygen atoms in total. The fourth-order valence-corrected chi connectivity index (χ4v) is 2.22. The molecule has 0 bridgehead atoms. The van der Waals surface area contributed by atoms with E-state index in [0.717, 1.165) is 5.56 Å². The number of hydrogen-bond acceptors (Lipinski definition) is 2. The Balaban J connectivity index is 2.17. The van der Waals surface area contributed by atoms with Crippen molar-refractivity contribution in [3.63, 3.8) is 0 Å². The molecule has 1 N–H and O–H groups in total. The zero-order valence-electron chi connectivity index (χ0n) is 10.7. The van der Waals surface area contributed by atoms with Crippen LogP contribution in [-0.2, 0) is 6.42 Å². The van der Waals surface area contributed by atoms with E-state index < -0.39 is 11.9 Å². The maximum atomic E-state index is 13.6. The van der Waals surface area contributed by atoms with Crippen LogP contribution in [0.3, 0.4) is 0 Å². The van der Waals surface area contributed by atoms with Gasteiger partial charge in [-0.05, 0) is 35.4 Å². The van der Waals surface area contributed by atoms with Crippen LogP contribution in [0.25, 0.3) is 0 Å². The third-order valence-corrected chi connectivity index (χ3v) is 3.71. The number of ether oxygens (including phenoxy) is 1. The van der Waals surface area contributed by atoms with E-state index in [0.29, 0.717) is 22.0 Å². The van der Waals surface area contributed by atoms with Crippen LogP contribution >= 0.6 is 23.2 Å². The summed E-state index contributed by atoms with van der Waals surface area (Å²) in [5, 5.41) is 11.0. The average Bonchev–Trinajstić information content (AvgIpc) is 2.42. The molecule has 0 spiro atoms. The van der Waals surface area contributed by atoms with E-state index in [1.165, 1.54) is 19.2 Å². The summed E-state index contributed by atoms with van der Waals surface area (Å²) in [6.07, 6.45) is -0.504. The molecule has 0 heterocycles. The molecule has 0 fully saturated rings. The molecule has 20 heavy (non-hydrogen) atoms. The Hall–Kier alpha value is -1.29. The molecule has 5 heteroatoms. The van der Waals surface area contributed by atoms with Gasteiger partial charge in [0.05, 0.1) is 23.3 Å².